The Morgan fingerprint density at radius 1 is 1.00 bits per heavy atom. The molecule has 1 aliphatic carbocycles. The minimum absolute atomic E-state index is 0.0336. The summed E-state index contributed by atoms with van der Waals surface area (Å²) in [5.41, 5.74) is 8.49. The second kappa shape index (κ2) is 8.16. The van der Waals surface area contributed by atoms with Crippen LogP contribution in [-0.2, 0) is 0 Å². The summed E-state index contributed by atoms with van der Waals surface area (Å²) >= 11 is 0. The lowest BCUT2D eigenvalue weighted by Gasteiger charge is -2.30. The Bertz CT molecular complexity index is 1400. The molecule has 162 valence electrons. The van der Waals surface area contributed by atoms with Gasteiger partial charge in [0, 0.05) is 6.04 Å². The molecular weight excluding hydrogens is 407 g/mol. The van der Waals surface area contributed by atoms with Crippen LogP contribution >= 0.6 is 0 Å². The fourth-order valence-electron chi connectivity index (χ4n) is 4.74. The van der Waals surface area contributed by atoms with Gasteiger partial charge in [-0.05, 0) is 60.4 Å². The molecule has 2 heterocycles. The van der Waals surface area contributed by atoms with Crippen molar-refractivity contribution in [3.05, 3.63) is 93.0 Å². The maximum atomic E-state index is 13.8. The lowest BCUT2D eigenvalue weighted by Crippen LogP contribution is -2.35. The van der Waals surface area contributed by atoms with E-state index >= 15 is 0 Å². The number of rotatable bonds is 3. The van der Waals surface area contributed by atoms with Crippen molar-refractivity contribution in [2.75, 3.05) is 0 Å². The molecule has 6 nitrogen and oxygen atoms in total. The quantitative estimate of drug-likeness (QED) is 0.516. The van der Waals surface area contributed by atoms with Crippen LogP contribution in [0.5, 0.6) is 0 Å². The normalized spacial score (nSPS) is 18.7. The van der Waals surface area contributed by atoms with Crippen molar-refractivity contribution in [2.45, 2.75) is 37.6 Å². The van der Waals surface area contributed by atoms with Crippen LogP contribution in [-0.4, -0.2) is 20.6 Å². The standard InChI is InChI=1S/C25H23FN4O2/c26-17-13-20-23(28-14-17)29-25(32)30(24(20)31)21-8-4-7-19(15-5-2-1-3-6-15)22(21)16-9-11-18(27)12-10-16/h1-8,13-14,16,18H,9-12,27H2,(H,28,29,32). The van der Waals surface area contributed by atoms with Crippen LogP contribution in [0.25, 0.3) is 27.8 Å². The Morgan fingerprint density at radius 2 is 1.75 bits per heavy atom. The van der Waals surface area contributed by atoms with Gasteiger partial charge in [0.25, 0.3) is 5.56 Å². The summed E-state index contributed by atoms with van der Waals surface area (Å²) in [4.78, 5) is 32.9. The first-order valence-corrected chi connectivity index (χ1v) is 10.8. The van der Waals surface area contributed by atoms with E-state index in [9.17, 15) is 14.0 Å². The van der Waals surface area contributed by atoms with Crippen molar-refractivity contribution in [3.8, 4) is 16.8 Å². The van der Waals surface area contributed by atoms with E-state index in [4.69, 9.17) is 5.73 Å². The number of hydrogen-bond acceptors (Lipinski definition) is 4. The van der Waals surface area contributed by atoms with Crippen molar-refractivity contribution < 1.29 is 4.39 Å². The number of H-pyrrole nitrogens is 1. The van der Waals surface area contributed by atoms with Gasteiger partial charge >= 0.3 is 5.69 Å². The van der Waals surface area contributed by atoms with E-state index in [2.05, 4.69) is 9.97 Å². The zero-order valence-electron chi connectivity index (χ0n) is 17.4. The molecule has 0 amide bonds. The highest BCUT2D eigenvalue weighted by Crippen LogP contribution is 2.40. The van der Waals surface area contributed by atoms with Crippen LogP contribution in [0.2, 0.25) is 0 Å². The molecular formula is C25H23FN4O2. The largest absolute Gasteiger partial charge is 0.334 e. The number of pyridine rings is 1. The topological polar surface area (TPSA) is 93.8 Å². The van der Waals surface area contributed by atoms with Gasteiger partial charge in [-0.2, -0.15) is 0 Å². The fourth-order valence-corrected chi connectivity index (χ4v) is 4.74. The third kappa shape index (κ3) is 3.54. The Hall–Kier alpha value is -3.58. The molecule has 4 aromatic rings. The first-order chi connectivity index (χ1) is 15.5. The van der Waals surface area contributed by atoms with Crippen molar-refractivity contribution in [1.29, 1.82) is 0 Å². The van der Waals surface area contributed by atoms with Crippen molar-refractivity contribution >= 4 is 11.0 Å². The number of nitrogens with one attached hydrogen (secondary N) is 1. The number of nitrogens with two attached hydrogens (primary N) is 1. The van der Waals surface area contributed by atoms with Gasteiger partial charge in [-0.15, -0.1) is 0 Å². The molecule has 0 radical (unpaired) electrons. The molecule has 3 N–H and O–H groups in total. The Labute approximate surface area is 183 Å². The predicted octanol–water partition coefficient (Wildman–Crippen LogP) is 3.87. The average molecular weight is 430 g/mol. The number of fused-ring (bicyclic) bond motifs is 1. The van der Waals surface area contributed by atoms with E-state index in [0.29, 0.717) is 5.69 Å². The molecule has 2 aromatic heterocycles. The highest BCUT2D eigenvalue weighted by molar-refractivity contribution is 5.75. The molecule has 32 heavy (non-hydrogen) atoms. The minimum atomic E-state index is -0.632. The van der Waals surface area contributed by atoms with E-state index in [1.54, 1.807) is 6.07 Å². The number of benzene rings is 2. The number of nitrogens with zero attached hydrogens (tertiary/aromatic N) is 2. The van der Waals surface area contributed by atoms with Gasteiger partial charge in [-0.1, -0.05) is 42.5 Å². The van der Waals surface area contributed by atoms with Crippen LogP contribution in [0.15, 0.2) is 70.4 Å². The molecule has 1 fully saturated rings. The van der Waals surface area contributed by atoms with E-state index < -0.39 is 17.1 Å². The summed E-state index contributed by atoms with van der Waals surface area (Å²) < 4.78 is 14.9. The van der Waals surface area contributed by atoms with Gasteiger partial charge < -0.3 is 5.73 Å². The Balaban J connectivity index is 1.80. The van der Waals surface area contributed by atoms with Gasteiger partial charge in [0.2, 0.25) is 0 Å². The molecule has 0 saturated heterocycles. The van der Waals surface area contributed by atoms with E-state index in [1.165, 1.54) is 0 Å². The number of aromatic amines is 1. The Morgan fingerprint density at radius 3 is 2.50 bits per heavy atom. The lowest BCUT2D eigenvalue weighted by molar-refractivity contribution is 0.395. The average Bonchev–Trinajstić information content (AvgIpc) is 2.81. The summed E-state index contributed by atoms with van der Waals surface area (Å²) in [7, 11) is 0. The molecule has 0 spiro atoms. The van der Waals surface area contributed by atoms with Gasteiger partial charge in [-0.25, -0.2) is 18.7 Å². The Kier molecular flexibility index (Phi) is 5.19. The zero-order chi connectivity index (χ0) is 22.2. The van der Waals surface area contributed by atoms with E-state index in [-0.39, 0.29) is 23.0 Å². The third-order valence-electron chi connectivity index (χ3n) is 6.31. The molecule has 0 unspecified atom stereocenters. The monoisotopic (exact) mass is 430 g/mol. The first-order valence-electron chi connectivity index (χ1n) is 10.8. The van der Waals surface area contributed by atoms with E-state index in [0.717, 1.165) is 59.2 Å². The number of aromatic nitrogens is 3. The lowest BCUT2D eigenvalue weighted by atomic mass is 9.78. The zero-order valence-corrected chi connectivity index (χ0v) is 17.4. The molecule has 1 saturated carbocycles. The maximum Gasteiger partial charge on any atom is 0.334 e. The smallest absolute Gasteiger partial charge is 0.328 e. The molecule has 1 aliphatic rings. The van der Waals surface area contributed by atoms with Crippen LogP contribution in [0, 0.1) is 5.82 Å². The molecule has 7 heteroatoms. The summed E-state index contributed by atoms with van der Waals surface area (Å²) in [5.74, 6) is -0.485. The van der Waals surface area contributed by atoms with E-state index in [1.807, 2.05) is 42.5 Å². The number of halogens is 1. The minimum Gasteiger partial charge on any atom is -0.328 e. The second-order valence-corrected chi connectivity index (χ2v) is 8.34. The van der Waals surface area contributed by atoms with Crippen LogP contribution in [0.4, 0.5) is 4.39 Å². The van der Waals surface area contributed by atoms with Crippen molar-refractivity contribution in [2.24, 2.45) is 5.73 Å². The first kappa shape index (κ1) is 20.3. The summed E-state index contributed by atoms with van der Waals surface area (Å²) in [5, 5.41) is 0.0336. The van der Waals surface area contributed by atoms with Crippen LogP contribution in [0.1, 0.15) is 37.2 Å². The SMILES string of the molecule is NC1CCC(c2c(-c3ccccc3)cccc2-n2c(=O)[nH]c3ncc(F)cc3c2=O)CC1. The molecule has 0 aliphatic heterocycles. The second-order valence-electron chi connectivity index (χ2n) is 8.34. The molecule has 5 rings (SSSR count). The van der Waals surface area contributed by atoms with Gasteiger partial charge in [0.05, 0.1) is 17.3 Å². The summed E-state index contributed by atoms with van der Waals surface area (Å²) in [6.07, 6.45) is 4.48. The maximum absolute atomic E-state index is 13.8. The van der Waals surface area contributed by atoms with Crippen molar-refractivity contribution in [3.63, 3.8) is 0 Å². The van der Waals surface area contributed by atoms with Crippen molar-refractivity contribution in [1.82, 2.24) is 14.5 Å². The highest BCUT2D eigenvalue weighted by atomic mass is 19.1. The summed E-state index contributed by atoms with van der Waals surface area (Å²) in [6, 6.07) is 16.8. The predicted molar refractivity (Wildman–Crippen MR) is 123 cm³/mol. The van der Waals surface area contributed by atoms with Gasteiger partial charge in [0.1, 0.15) is 11.5 Å². The van der Waals surface area contributed by atoms with Crippen LogP contribution < -0.4 is 17.0 Å². The molecule has 0 bridgehead atoms. The van der Waals surface area contributed by atoms with Crippen LogP contribution in [0.3, 0.4) is 0 Å². The third-order valence-corrected chi connectivity index (χ3v) is 6.31. The number of hydrogen-bond donors (Lipinski definition) is 2. The van der Waals surface area contributed by atoms with Gasteiger partial charge in [0.15, 0.2) is 0 Å². The highest BCUT2D eigenvalue weighted by Gasteiger charge is 2.27. The molecule has 0 atom stereocenters. The molecule has 2 aromatic carbocycles. The van der Waals surface area contributed by atoms with Gasteiger partial charge in [-0.3, -0.25) is 9.78 Å². The fraction of sp³-hybridized carbons (Fsp3) is 0.240. The summed E-state index contributed by atoms with van der Waals surface area (Å²) in [6.45, 7) is 0.